The molecule has 0 spiro atoms. The SMILES string of the molecule is Cn1c(=O)c2[nH]c(N3CCN(C(=O)/C=C/c4ccccc4)CC3)nc2n(C)c1=O. The van der Waals surface area contributed by atoms with Gasteiger partial charge in [-0.05, 0) is 11.6 Å². The maximum atomic E-state index is 12.4. The fraction of sp³-hybridized carbons (Fsp3) is 0.300. The number of carbonyl (C=O) groups is 1. The third kappa shape index (κ3) is 3.46. The van der Waals surface area contributed by atoms with Crippen molar-refractivity contribution in [2.45, 2.75) is 0 Å². The van der Waals surface area contributed by atoms with Gasteiger partial charge in [0.05, 0.1) is 0 Å². The molecule has 1 aliphatic heterocycles. The van der Waals surface area contributed by atoms with Crippen molar-refractivity contribution in [2.75, 3.05) is 31.1 Å². The number of aryl methyl sites for hydroxylation is 1. The van der Waals surface area contributed by atoms with E-state index in [1.165, 1.54) is 11.6 Å². The second-order valence-electron chi connectivity index (χ2n) is 7.02. The normalized spacial score (nSPS) is 14.8. The molecular formula is C20H22N6O3. The number of benzene rings is 1. The summed E-state index contributed by atoms with van der Waals surface area (Å²) in [6, 6.07) is 9.69. The minimum Gasteiger partial charge on any atom is -0.339 e. The Morgan fingerprint density at radius 1 is 1.03 bits per heavy atom. The highest BCUT2D eigenvalue weighted by atomic mass is 16.2. The summed E-state index contributed by atoms with van der Waals surface area (Å²) < 4.78 is 2.41. The van der Waals surface area contributed by atoms with Crippen molar-refractivity contribution in [1.29, 1.82) is 0 Å². The Morgan fingerprint density at radius 3 is 2.41 bits per heavy atom. The number of fused-ring (bicyclic) bond motifs is 1. The van der Waals surface area contributed by atoms with Crippen LogP contribution in [0.15, 0.2) is 46.0 Å². The second-order valence-corrected chi connectivity index (χ2v) is 7.02. The molecule has 0 unspecified atom stereocenters. The highest BCUT2D eigenvalue weighted by Gasteiger charge is 2.23. The average Bonchev–Trinajstić information content (AvgIpc) is 3.21. The molecule has 1 fully saturated rings. The summed E-state index contributed by atoms with van der Waals surface area (Å²) in [5.74, 6) is 0.500. The zero-order chi connectivity index (χ0) is 20.5. The van der Waals surface area contributed by atoms with Gasteiger partial charge in [-0.15, -0.1) is 0 Å². The lowest BCUT2D eigenvalue weighted by Crippen LogP contribution is -2.48. The number of imidazole rings is 1. The van der Waals surface area contributed by atoms with Crippen molar-refractivity contribution in [1.82, 2.24) is 24.0 Å². The summed E-state index contributed by atoms with van der Waals surface area (Å²) in [5, 5.41) is 0. The van der Waals surface area contributed by atoms with Crippen LogP contribution in [0, 0.1) is 0 Å². The number of aromatic nitrogens is 4. The Hall–Kier alpha value is -3.62. The van der Waals surface area contributed by atoms with E-state index < -0.39 is 11.2 Å². The quantitative estimate of drug-likeness (QED) is 0.646. The van der Waals surface area contributed by atoms with Crippen molar-refractivity contribution >= 4 is 29.1 Å². The highest BCUT2D eigenvalue weighted by Crippen LogP contribution is 2.16. The van der Waals surface area contributed by atoms with E-state index in [0.717, 1.165) is 10.1 Å². The molecule has 0 bridgehead atoms. The molecule has 9 nitrogen and oxygen atoms in total. The molecule has 0 aliphatic carbocycles. The van der Waals surface area contributed by atoms with Gasteiger partial charge in [0.25, 0.3) is 5.56 Å². The van der Waals surface area contributed by atoms with Crippen molar-refractivity contribution in [3.8, 4) is 0 Å². The molecule has 1 aliphatic rings. The predicted molar refractivity (Wildman–Crippen MR) is 111 cm³/mol. The van der Waals surface area contributed by atoms with E-state index >= 15 is 0 Å². The Morgan fingerprint density at radius 2 is 1.72 bits per heavy atom. The monoisotopic (exact) mass is 394 g/mol. The molecule has 2 aromatic heterocycles. The van der Waals surface area contributed by atoms with Crippen LogP contribution in [0.25, 0.3) is 17.2 Å². The topological polar surface area (TPSA) is 96.2 Å². The molecule has 29 heavy (non-hydrogen) atoms. The van der Waals surface area contributed by atoms with Gasteiger partial charge in [0.2, 0.25) is 11.9 Å². The van der Waals surface area contributed by atoms with Crippen LogP contribution in [0.4, 0.5) is 5.95 Å². The maximum Gasteiger partial charge on any atom is 0.332 e. The number of nitrogens with zero attached hydrogens (tertiary/aromatic N) is 5. The molecule has 3 aromatic rings. The van der Waals surface area contributed by atoms with Crippen LogP contribution in [0.3, 0.4) is 0 Å². The molecular weight excluding hydrogens is 372 g/mol. The second kappa shape index (κ2) is 7.42. The molecule has 4 rings (SSSR count). The number of piperazine rings is 1. The number of rotatable bonds is 3. The first-order chi connectivity index (χ1) is 14.0. The first-order valence-corrected chi connectivity index (χ1v) is 9.38. The van der Waals surface area contributed by atoms with Gasteiger partial charge in [0.15, 0.2) is 11.2 Å². The first kappa shape index (κ1) is 18.7. The van der Waals surface area contributed by atoms with Gasteiger partial charge in [-0.25, -0.2) is 4.79 Å². The first-order valence-electron chi connectivity index (χ1n) is 9.38. The van der Waals surface area contributed by atoms with Crippen molar-refractivity contribution in [3.05, 3.63) is 62.8 Å². The number of anilines is 1. The largest absolute Gasteiger partial charge is 0.339 e. The van der Waals surface area contributed by atoms with Crippen molar-refractivity contribution in [3.63, 3.8) is 0 Å². The Balaban J connectivity index is 1.47. The maximum absolute atomic E-state index is 12.4. The number of H-pyrrole nitrogens is 1. The average molecular weight is 394 g/mol. The van der Waals surface area contributed by atoms with Gasteiger partial charge in [-0.3, -0.25) is 18.7 Å². The fourth-order valence-electron chi connectivity index (χ4n) is 3.44. The summed E-state index contributed by atoms with van der Waals surface area (Å²) in [6.07, 6.45) is 3.40. The summed E-state index contributed by atoms with van der Waals surface area (Å²) in [4.78, 5) is 48.1. The van der Waals surface area contributed by atoms with E-state index in [0.29, 0.717) is 43.3 Å². The van der Waals surface area contributed by atoms with Crippen LogP contribution in [0.1, 0.15) is 5.56 Å². The summed E-state index contributed by atoms with van der Waals surface area (Å²) in [6.45, 7) is 2.26. The number of nitrogens with one attached hydrogen (secondary N) is 1. The fourth-order valence-corrected chi connectivity index (χ4v) is 3.44. The Labute approximate surface area is 166 Å². The summed E-state index contributed by atoms with van der Waals surface area (Å²) in [5.41, 5.74) is 0.795. The van der Waals surface area contributed by atoms with Gasteiger partial charge in [-0.1, -0.05) is 30.3 Å². The lowest BCUT2D eigenvalue weighted by Gasteiger charge is -2.34. The van der Waals surface area contributed by atoms with E-state index in [-0.39, 0.29) is 5.91 Å². The minimum atomic E-state index is -0.416. The van der Waals surface area contributed by atoms with Crippen LogP contribution < -0.4 is 16.1 Å². The molecule has 1 saturated heterocycles. The third-order valence-electron chi connectivity index (χ3n) is 5.19. The zero-order valence-electron chi connectivity index (χ0n) is 16.3. The highest BCUT2D eigenvalue weighted by molar-refractivity contribution is 5.92. The molecule has 3 heterocycles. The van der Waals surface area contributed by atoms with E-state index in [2.05, 4.69) is 9.97 Å². The standard InChI is InChI=1S/C20H22N6O3/c1-23-17-16(18(28)24(2)20(23)29)21-19(22-17)26-12-10-25(11-13-26)15(27)9-8-14-6-4-3-5-7-14/h3-9H,10-13H2,1-2H3,(H,21,22)/b9-8+. The number of aromatic amines is 1. The van der Waals surface area contributed by atoms with Crippen LogP contribution in [0.2, 0.25) is 0 Å². The number of carbonyl (C=O) groups excluding carboxylic acids is 1. The van der Waals surface area contributed by atoms with E-state index in [1.54, 1.807) is 18.0 Å². The Kier molecular flexibility index (Phi) is 4.79. The molecule has 0 saturated carbocycles. The molecule has 1 aromatic carbocycles. The van der Waals surface area contributed by atoms with Gasteiger partial charge < -0.3 is 14.8 Å². The van der Waals surface area contributed by atoms with Crippen molar-refractivity contribution in [2.24, 2.45) is 14.1 Å². The molecule has 150 valence electrons. The lowest BCUT2D eigenvalue weighted by molar-refractivity contribution is -0.126. The van der Waals surface area contributed by atoms with Gasteiger partial charge in [0.1, 0.15) is 0 Å². The molecule has 0 radical (unpaired) electrons. The zero-order valence-corrected chi connectivity index (χ0v) is 16.3. The van der Waals surface area contributed by atoms with Crippen LogP contribution in [-0.4, -0.2) is 56.1 Å². The minimum absolute atomic E-state index is 0.0330. The van der Waals surface area contributed by atoms with Gasteiger partial charge >= 0.3 is 5.69 Å². The molecule has 0 atom stereocenters. The van der Waals surface area contributed by atoms with Crippen molar-refractivity contribution < 1.29 is 4.79 Å². The van der Waals surface area contributed by atoms with Crippen LogP contribution in [-0.2, 0) is 18.9 Å². The van der Waals surface area contributed by atoms with Gasteiger partial charge in [-0.2, -0.15) is 4.98 Å². The van der Waals surface area contributed by atoms with Crippen LogP contribution in [0.5, 0.6) is 0 Å². The number of hydrogen-bond acceptors (Lipinski definition) is 5. The smallest absolute Gasteiger partial charge is 0.332 e. The number of amides is 1. The third-order valence-corrected chi connectivity index (χ3v) is 5.19. The van der Waals surface area contributed by atoms with E-state index in [1.807, 2.05) is 41.3 Å². The lowest BCUT2D eigenvalue weighted by atomic mass is 10.2. The van der Waals surface area contributed by atoms with E-state index in [9.17, 15) is 14.4 Å². The molecule has 9 heteroatoms. The summed E-state index contributed by atoms with van der Waals surface area (Å²) >= 11 is 0. The predicted octanol–water partition coefficient (Wildman–Crippen LogP) is 0.322. The van der Waals surface area contributed by atoms with Gasteiger partial charge in [0, 0.05) is 46.4 Å². The summed E-state index contributed by atoms with van der Waals surface area (Å²) in [7, 11) is 3.03. The number of hydrogen-bond donors (Lipinski definition) is 1. The van der Waals surface area contributed by atoms with Crippen LogP contribution >= 0.6 is 0 Å². The molecule has 1 N–H and O–H groups in total. The molecule has 1 amide bonds. The Bertz CT molecular complexity index is 1200. The van der Waals surface area contributed by atoms with E-state index in [4.69, 9.17) is 0 Å².